The Labute approximate surface area is 116 Å². The highest BCUT2D eigenvalue weighted by atomic mass is 79.9. The fraction of sp³-hybridized carbons (Fsp3) is 0.500. The molecule has 2 unspecified atom stereocenters. The van der Waals surface area contributed by atoms with E-state index >= 15 is 0 Å². The van der Waals surface area contributed by atoms with E-state index in [2.05, 4.69) is 21.2 Å². The topological polar surface area (TPSA) is 38.3 Å². The summed E-state index contributed by atoms with van der Waals surface area (Å²) in [5, 5.41) is 2.93. The van der Waals surface area contributed by atoms with Crippen LogP contribution in [0.15, 0.2) is 30.3 Å². The van der Waals surface area contributed by atoms with Gasteiger partial charge in [0.05, 0.1) is 0 Å². The summed E-state index contributed by atoms with van der Waals surface area (Å²) in [5.74, 6) is 1.29. The highest BCUT2D eigenvalue weighted by Crippen LogP contribution is 2.29. The molecule has 1 N–H and O–H groups in total. The number of para-hydroxylation sites is 1. The van der Waals surface area contributed by atoms with Gasteiger partial charge in [-0.25, -0.2) is 0 Å². The Kier molecular flexibility index (Phi) is 5.05. The Morgan fingerprint density at radius 3 is 2.78 bits per heavy atom. The van der Waals surface area contributed by atoms with Crippen LogP contribution in [0.25, 0.3) is 0 Å². The highest BCUT2D eigenvalue weighted by Gasteiger charge is 2.22. The van der Waals surface area contributed by atoms with Crippen LogP contribution in [0.3, 0.4) is 0 Å². The van der Waals surface area contributed by atoms with Crippen molar-refractivity contribution in [3.05, 3.63) is 30.3 Å². The van der Waals surface area contributed by atoms with Crippen LogP contribution in [0, 0.1) is 5.92 Å². The van der Waals surface area contributed by atoms with E-state index in [9.17, 15) is 4.79 Å². The summed E-state index contributed by atoms with van der Waals surface area (Å²) in [5.41, 5.74) is 0. The molecule has 18 heavy (non-hydrogen) atoms. The number of rotatable bonds is 5. The van der Waals surface area contributed by atoms with Crippen LogP contribution in [0.4, 0.5) is 0 Å². The van der Waals surface area contributed by atoms with Gasteiger partial charge in [0.1, 0.15) is 5.75 Å². The van der Waals surface area contributed by atoms with Gasteiger partial charge in [-0.3, -0.25) is 4.79 Å². The number of alkyl halides is 1. The van der Waals surface area contributed by atoms with Crippen molar-refractivity contribution in [1.29, 1.82) is 0 Å². The third kappa shape index (κ3) is 4.33. The molecule has 1 fully saturated rings. The molecule has 1 aliphatic rings. The van der Waals surface area contributed by atoms with E-state index in [1.165, 1.54) is 12.8 Å². The summed E-state index contributed by atoms with van der Waals surface area (Å²) < 4.78 is 5.38. The van der Waals surface area contributed by atoms with Crippen molar-refractivity contribution >= 4 is 21.8 Å². The minimum Gasteiger partial charge on any atom is -0.484 e. The first-order valence-corrected chi connectivity index (χ1v) is 7.24. The second-order valence-electron chi connectivity index (χ2n) is 4.68. The fourth-order valence-corrected chi connectivity index (χ4v) is 2.97. The predicted octanol–water partition coefficient (Wildman–Crippen LogP) is 2.75. The molecule has 2 rings (SSSR count). The van der Waals surface area contributed by atoms with Crippen molar-refractivity contribution in [2.24, 2.45) is 5.92 Å². The zero-order valence-electron chi connectivity index (χ0n) is 10.3. The van der Waals surface area contributed by atoms with E-state index in [1.807, 2.05) is 30.3 Å². The predicted molar refractivity (Wildman–Crippen MR) is 75.0 cm³/mol. The Morgan fingerprint density at radius 2 is 2.11 bits per heavy atom. The van der Waals surface area contributed by atoms with Crippen molar-refractivity contribution in [1.82, 2.24) is 5.32 Å². The zero-order chi connectivity index (χ0) is 12.8. The molecule has 0 saturated heterocycles. The lowest BCUT2D eigenvalue weighted by Gasteiger charge is -2.11. The van der Waals surface area contributed by atoms with E-state index < -0.39 is 0 Å². The summed E-state index contributed by atoms with van der Waals surface area (Å²) in [6.07, 6.45) is 3.55. The number of hydrogen-bond donors (Lipinski definition) is 1. The maximum absolute atomic E-state index is 11.6. The smallest absolute Gasteiger partial charge is 0.257 e. The summed E-state index contributed by atoms with van der Waals surface area (Å²) in [6.45, 7) is 0.855. The molecule has 1 aliphatic carbocycles. The van der Waals surface area contributed by atoms with Crippen LogP contribution < -0.4 is 10.1 Å². The molecule has 98 valence electrons. The van der Waals surface area contributed by atoms with Crippen molar-refractivity contribution in [2.45, 2.75) is 24.1 Å². The Morgan fingerprint density at radius 1 is 1.33 bits per heavy atom. The number of ether oxygens (including phenoxy) is 1. The first-order valence-electron chi connectivity index (χ1n) is 6.32. The van der Waals surface area contributed by atoms with Crippen LogP contribution in [0.1, 0.15) is 19.3 Å². The van der Waals surface area contributed by atoms with Crippen molar-refractivity contribution in [2.75, 3.05) is 13.2 Å². The number of nitrogens with one attached hydrogen (secondary N) is 1. The third-order valence-electron chi connectivity index (χ3n) is 3.18. The van der Waals surface area contributed by atoms with E-state index in [1.54, 1.807) is 0 Å². The van der Waals surface area contributed by atoms with Gasteiger partial charge in [0.15, 0.2) is 6.61 Å². The van der Waals surface area contributed by atoms with Crippen LogP contribution >= 0.6 is 15.9 Å². The van der Waals surface area contributed by atoms with Crippen molar-refractivity contribution < 1.29 is 9.53 Å². The van der Waals surface area contributed by atoms with Crippen LogP contribution in [-0.2, 0) is 4.79 Å². The Balaban J connectivity index is 1.63. The second kappa shape index (κ2) is 6.78. The van der Waals surface area contributed by atoms with Crippen molar-refractivity contribution in [3.8, 4) is 5.75 Å². The lowest BCUT2D eigenvalue weighted by Crippen LogP contribution is -2.32. The average Bonchev–Trinajstić information content (AvgIpc) is 2.81. The first kappa shape index (κ1) is 13.4. The molecule has 0 heterocycles. The largest absolute Gasteiger partial charge is 0.484 e. The SMILES string of the molecule is O=C(COc1ccccc1)NCC1CCC(Br)C1. The standard InChI is InChI=1S/C14H18BrNO2/c15-12-7-6-11(8-12)9-16-14(17)10-18-13-4-2-1-3-5-13/h1-5,11-12H,6-10H2,(H,16,17). The van der Waals surface area contributed by atoms with E-state index in [0.717, 1.165) is 18.7 Å². The molecule has 0 bridgehead atoms. The lowest BCUT2D eigenvalue weighted by atomic mass is 10.1. The van der Waals surface area contributed by atoms with Gasteiger partial charge in [0.25, 0.3) is 5.91 Å². The van der Waals surface area contributed by atoms with E-state index in [0.29, 0.717) is 10.7 Å². The second-order valence-corrected chi connectivity index (χ2v) is 5.98. The molecular weight excluding hydrogens is 294 g/mol. The van der Waals surface area contributed by atoms with Crippen molar-refractivity contribution in [3.63, 3.8) is 0 Å². The van der Waals surface area contributed by atoms with E-state index in [4.69, 9.17) is 4.74 Å². The number of amides is 1. The molecule has 1 amide bonds. The highest BCUT2D eigenvalue weighted by molar-refractivity contribution is 9.09. The van der Waals surface area contributed by atoms with Gasteiger partial charge in [-0.1, -0.05) is 34.1 Å². The van der Waals surface area contributed by atoms with Gasteiger partial charge in [-0.2, -0.15) is 0 Å². The molecule has 0 aromatic heterocycles. The Hall–Kier alpha value is -1.03. The molecule has 0 spiro atoms. The summed E-state index contributed by atoms with van der Waals surface area (Å²) in [4.78, 5) is 12.2. The molecule has 3 nitrogen and oxygen atoms in total. The Bertz CT molecular complexity index is 383. The fourth-order valence-electron chi connectivity index (χ4n) is 2.17. The molecule has 1 aromatic carbocycles. The monoisotopic (exact) mass is 311 g/mol. The van der Waals surface area contributed by atoms with Crippen LogP contribution in [-0.4, -0.2) is 23.9 Å². The number of carbonyl (C=O) groups is 1. The maximum atomic E-state index is 11.6. The number of hydrogen-bond acceptors (Lipinski definition) is 2. The minimum absolute atomic E-state index is 0.0446. The van der Waals surface area contributed by atoms with Crippen LogP contribution in [0.5, 0.6) is 5.75 Å². The maximum Gasteiger partial charge on any atom is 0.257 e. The molecule has 2 atom stereocenters. The first-order chi connectivity index (χ1) is 8.74. The van der Waals surface area contributed by atoms with Gasteiger partial charge in [-0.05, 0) is 37.3 Å². The summed E-state index contributed by atoms with van der Waals surface area (Å²) >= 11 is 3.61. The van der Waals surface area contributed by atoms with Gasteiger partial charge >= 0.3 is 0 Å². The molecule has 0 radical (unpaired) electrons. The normalized spacial score (nSPS) is 22.7. The molecule has 1 saturated carbocycles. The molecular formula is C14H18BrNO2. The van der Waals surface area contributed by atoms with Gasteiger partial charge in [0, 0.05) is 11.4 Å². The van der Waals surface area contributed by atoms with E-state index in [-0.39, 0.29) is 12.5 Å². The van der Waals surface area contributed by atoms with Crippen LogP contribution in [0.2, 0.25) is 0 Å². The summed E-state index contributed by atoms with van der Waals surface area (Å²) in [7, 11) is 0. The van der Waals surface area contributed by atoms with Gasteiger partial charge in [0.2, 0.25) is 0 Å². The zero-order valence-corrected chi connectivity index (χ0v) is 11.9. The number of carbonyl (C=O) groups excluding carboxylic acids is 1. The molecule has 0 aliphatic heterocycles. The molecule has 4 heteroatoms. The van der Waals surface area contributed by atoms with Gasteiger partial charge in [-0.15, -0.1) is 0 Å². The minimum atomic E-state index is -0.0446. The third-order valence-corrected chi connectivity index (χ3v) is 4.01. The quantitative estimate of drug-likeness (QED) is 0.849. The summed E-state index contributed by atoms with van der Waals surface area (Å²) in [6, 6.07) is 9.40. The number of halogens is 1. The lowest BCUT2D eigenvalue weighted by molar-refractivity contribution is -0.123. The number of benzene rings is 1. The average molecular weight is 312 g/mol. The molecule has 1 aromatic rings. The van der Waals surface area contributed by atoms with Gasteiger partial charge < -0.3 is 10.1 Å².